The van der Waals surface area contributed by atoms with Crippen molar-refractivity contribution in [3.05, 3.63) is 0 Å². The van der Waals surface area contributed by atoms with Crippen molar-refractivity contribution >= 4 is 28.2 Å². The van der Waals surface area contributed by atoms with Crippen LogP contribution in [0.2, 0.25) is 0 Å². The van der Waals surface area contributed by atoms with Gasteiger partial charge in [-0.1, -0.05) is 0 Å². The lowest BCUT2D eigenvalue weighted by Gasteiger charge is -2.31. The zero-order valence-corrected chi connectivity index (χ0v) is 14.3. The van der Waals surface area contributed by atoms with Crippen molar-refractivity contribution in [1.29, 1.82) is 5.41 Å². The van der Waals surface area contributed by atoms with Crippen molar-refractivity contribution in [1.82, 2.24) is 20.6 Å². The van der Waals surface area contributed by atoms with Gasteiger partial charge in [0.1, 0.15) is 5.84 Å². The van der Waals surface area contributed by atoms with Gasteiger partial charge < -0.3 is 15.5 Å². The average molecular weight is 375 g/mol. The van der Waals surface area contributed by atoms with Gasteiger partial charge in [0, 0.05) is 13.1 Å². The molecule has 0 aromatic carbocycles. The Kier molecular flexibility index (Phi) is 4.95. The van der Waals surface area contributed by atoms with Gasteiger partial charge in [0.25, 0.3) is 0 Å². The fraction of sp³-hybridized carbons (Fsp3) is 0.769. The lowest BCUT2D eigenvalue weighted by atomic mass is 9.97. The van der Waals surface area contributed by atoms with E-state index in [-0.39, 0.29) is 24.2 Å². The number of nitrogens with one attached hydrogen (secondary N) is 3. The first-order valence-corrected chi connectivity index (χ1v) is 9.49. The Morgan fingerprint density at radius 3 is 2.76 bits per heavy atom. The minimum absolute atomic E-state index is 0.0870. The number of carbonyl (C=O) groups is 2. The van der Waals surface area contributed by atoms with Crippen LogP contribution in [0.5, 0.6) is 0 Å². The maximum absolute atomic E-state index is 12.3. The van der Waals surface area contributed by atoms with Crippen molar-refractivity contribution in [2.45, 2.75) is 37.8 Å². The second-order valence-electron chi connectivity index (χ2n) is 6.46. The van der Waals surface area contributed by atoms with E-state index in [4.69, 9.17) is 9.96 Å². The molecule has 4 N–H and O–H groups in total. The molecule has 11 nitrogen and oxygen atoms in total. The molecule has 3 atom stereocenters. The highest BCUT2D eigenvalue weighted by Crippen LogP contribution is 2.30. The zero-order chi connectivity index (χ0) is 18.2. The number of rotatable bonds is 4. The molecule has 0 radical (unpaired) electrons. The minimum Gasteiger partial charge on any atom is -0.316 e. The van der Waals surface area contributed by atoms with Gasteiger partial charge >= 0.3 is 16.4 Å². The second kappa shape index (κ2) is 6.86. The summed E-state index contributed by atoms with van der Waals surface area (Å²) in [5.41, 5.74) is 0. The molecule has 3 aliphatic heterocycles. The molecular weight excluding hydrogens is 354 g/mol. The van der Waals surface area contributed by atoms with Gasteiger partial charge in [-0.15, -0.1) is 4.28 Å². The van der Waals surface area contributed by atoms with Crippen LogP contribution in [0.25, 0.3) is 0 Å². The summed E-state index contributed by atoms with van der Waals surface area (Å²) in [6.07, 6.45) is 2.43. The molecule has 25 heavy (non-hydrogen) atoms. The molecular formula is C13H21N5O6S. The molecule has 3 fully saturated rings. The highest BCUT2D eigenvalue weighted by atomic mass is 32.3. The summed E-state index contributed by atoms with van der Waals surface area (Å²) in [6, 6.07) is -1.92. The summed E-state index contributed by atoms with van der Waals surface area (Å²) < 4.78 is 34.9. The van der Waals surface area contributed by atoms with Crippen molar-refractivity contribution in [2.24, 2.45) is 5.92 Å². The minimum atomic E-state index is -4.80. The van der Waals surface area contributed by atoms with E-state index < -0.39 is 28.5 Å². The summed E-state index contributed by atoms with van der Waals surface area (Å²) in [4.78, 5) is 25.8. The van der Waals surface area contributed by atoms with Crippen molar-refractivity contribution < 1.29 is 26.8 Å². The van der Waals surface area contributed by atoms with Gasteiger partial charge in [-0.05, 0) is 32.2 Å². The predicted octanol–water partition coefficient (Wildman–Crippen LogP) is -0.918. The van der Waals surface area contributed by atoms with E-state index in [1.807, 2.05) is 0 Å². The standard InChI is InChI=1S/C13H21N5O6S/c14-11(16-12(19)8-2-1-5-15-6-8)10-4-3-9-7-17(10)13(20)18(9)24-25(21,22)23/h8-10,15H,1-7H2,(H2,14,16,19)(H,21,22,23)/t8?,9-,10+/m1/s1. The average Bonchev–Trinajstić information content (AvgIpc) is 2.79. The van der Waals surface area contributed by atoms with Gasteiger partial charge in [-0.25, -0.2) is 4.79 Å². The maximum atomic E-state index is 12.3. The molecule has 12 heteroatoms. The molecule has 3 aliphatic rings. The number of hydrogen-bond donors (Lipinski definition) is 4. The molecule has 0 aromatic heterocycles. The third-order valence-electron chi connectivity index (χ3n) is 4.76. The highest BCUT2D eigenvalue weighted by Gasteiger charge is 2.48. The fourth-order valence-corrected chi connectivity index (χ4v) is 3.91. The lowest BCUT2D eigenvalue weighted by Crippen LogP contribution is -2.52. The molecule has 3 saturated heterocycles. The number of amides is 3. The van der Waals surface area contributed by atoms with E-state index in [2.05, 4.69) is 14.9 Å². The van der Waals surface area contributed by atoms with E-state index in [0.29, 0.717) is 24.4 Å². The second-order valence-corrected chi connectivity index (χ2v) is 7.46. The Hall–Kier alpha value is -1.76. The van der Waals surface area contributed by atoms with Crippen LogP contribution in [0.15, 0.2) is 0 Å². The number of piperidine rings is 2. The number of fused-ring (bicyclic) bond motifs is 2. The Balaban J connectivity index is 1.63. The largest absolute Gasteiger partial charge is 0.418 e. The monoisotopic (exact) mass is 375 g/mol. The van der Waals surface area contributed by atoms with E-state index in [1.165, 1.54) is 4.90 Å². The topological polar surface area (TPSA) is 152 Å². The van der Waals surface area contributed by atoms with Gasteiger partial charge in [0.15, 0.2) is 0 Å². The summed E-state index contributed by atoms with van der Waals surface area (Å²) >= 11 is 0. The smallest absolute Gasteiger partial charge is 0.316 e. The van der Waals surface area contributed by atoms with Crippen LogP contribution in [-0.4, -0.2) is 72.4 Å². The molecule has 0 spiro atoms. The van der Waals surface area contributed by atoms with Crippen molar-refractivity contribution in [3.63, 3.8) is 0 Å². The Labute approximate surface area is 145 Å². The van der Waals surface area contributed by atoms with Gasteiger partial charge in [0.05, 0.1) is 18.0 Å². The number of nitrogens with zero attached hydrogens (tertiary/aromatic N) is 2. The Morgan fingerprint density at radius 2 is 2.12 bits per heavy atom. The van der Waals surface area contributed by atoms with Crippen LogP contribution < -0.4 is 10.6 Å². The molecule has 3 heterocycles. The molecule has 0 saturated carbocycles. The van der Waals surface area contributed by atoms with Gasteiger partial charge in [-0.3, -0.25) is 14.8 Å². The number of amidine groups is 1. The van der Waals surface area contributed by atoms with E-state index >= 15 is 0 Å². The highest BCUT2D eigenvalue weighted by molar-refractivity contribution is 7.80. The molecule has 2 bridgehead atoms. The van der Waals surface area contributed by atoms with Crippen LogP contribution in [0.3, 0.4) is 0 Å². The van der Waals surface area contributed by atoms with Gasteiger partial charge in [-0.2, -0.15) is 13.5 Å². The third-order valence-corrected chi connectivity index (χ3v) is 5.11. The van der Waals surface area contributed by atoms with E-state index in [9.17, 15) is 18.0 Å². The van der Waals surface area contributed by atoms with Crippen LogP contribution in [0, 0.1) is 11.3 Å². The molecule has 0 aromatic rings. The predicted molar refractivity (Wildman–Crippen MR) is 84.8 cm³/mol. The quantitative estimate of drug-likeness (QED) is 0.282. The molecule has 1 unspecified atom stereocenters. The number of urea groups is 1. The van der Waals surface area contributed by atoms with Crippen molar-refractivity contribution in [2.75, 3.05) is 19.6 Å². The first kappa shape index (κ1) is 18.0. The molecule has 0 aliphatic carbocycles. The third kappa shape index (κ3) is 3.92. The zero-order valence-electron chi connectivity index (χ0n) is 13.5. The van der Waals surface area contributed by atoms with Gasteiger partial charge in [0.2, 0.25) is 5.91 Å². The van der Waals surface area contributed by atoms with Crippen LogP contribution in [-0.2, 0) is 19.5 Å². The maximum Gasteiger partial charge on any atom is 0.418 e. The van der Waals surface area contributed by atoms with Crippen molar-refractivity contribution in [3.8, 4) is 0 Å². The normalized spacial score (nSPS) is 29.6. The summed E-state index contributed by atoms with van der Waals surface area (Å²) in [6.45, 7) is 1.60. The van der Waals surface area contributed by atoms with E-state index in [1.54, 1.807) is 0 Å². The molecule has 3 rings (SSSR count). The summed E-state index contributed by atoms with van der Waals surface area (Å²) in [7, 11) is -4.80. The fourth-order valence-electron chi connectivity index (χ4n) is 3.53. The van der Waals surface area contributed by atoms with Crippen LogP contribution in [0.1, 0.15) is 25.7 Å². The lowest BCUT2D eigenvalue weighted by molar-refractivity contribution is -0.124. The number of carbonyl (C=O) groups excluding carboxylic acids is 2. The van der Waals surface area contributed by atoms with E-state index in [0.717, 1.165) is 19.4 Å². The summed E-state index contributed by atoms with van der Waals surface area (Å²) in [5, 5.41) is 14.5. The SMILES string of the molecule is N=C(NC(=O)C1CCCNC1)[C@@H]1CC[C@@H]2CN1C(=O)N2OS(=O)(=O)O. The Bertz CT molecular complexity index is 676. The van der Waals surface area contributed by atoms with Crippen LogP contribution >= 0.6 is 0 Å². The molecule has 140 valence electrons. The number of hydroxylamine groups is 2. The van der Waals surface area contributed by atoms with Crippen LogP contribution in [0.4, 0.5) is 4.79 Å². The first-order chi connectivity index (χ1) is 11.8. The molecule has 3 amide bonds. The summed E-state index contributed by atoms with van der Waals surface area (Å²) in [5.74, 6) is -0.549. The first-order valence-electron chi connectivity index (χ1n) is 8.13. The number of hydrogen-bond acceptors (Lipinski definition) is 7. The Morgan fingerprint density at radius 1 is 1.36 bits per heavy atom.